The van der Waals surface area contributed by atoms with Crippen LogP contribution in [0.15, 0.2) is 24.3 Å². The zero-order valence-corrected chi connectivity index (χ0v) is 44.9. The van der Waals surface area contributed by atoms with Crippen LogP contribution in [-0.2, 0) is 27.9 Å². The maximum Gasteiger partial charge on any atom is 0.306 e. The van der Waals surface area contributed by atoms with Gasteiger partial charge in [0, 0.05) is 13.0 Å². The third-order valence-corrected chi connectivity index (χ3v) is 13.4. The Morgan fingerprint density at radius 2 is 0.800 bits per heavy atom. The number of phosphoric ester groups is 1. The van der Waals surface area contributed by atoms with Crippen molar-refractivity contribution in [2.75, 3.05) is 54.1 Å². The van der Waals surface area contributed by atoms with Crippen LogP contribution < -0.4 is 4.89 Å². The molecule has 0 aliphatic rings. The van der Waals surface area contributed by atoms with Crippen LogP contribution in [0, 0.1) is 0 Å². The van der Waals surface area contributed by atoms with Gasteiger partial charge in [0.1, 0.15) is 19.3 Å². The van der Waals surface area contributed by atoms with Gasteiger partial charge in [-0.3, -0.25) is 9.36 Å². The molecule has 8 nitrogen and oxygen atoms in total. The van der Waals surface area contributed by atoms with Crippen molar-refractivity contribution in [2.24, 2.45) is 0 Å². The highest BCUT2D eigenvalue weighted by Crippen LogP contribution is 2.38. The van der Waals surface area contributed by atoms with E-state index in [1.807, 2.05) is 21.1 Å². The minimum Gasteiger partial charge on any atom is -0.756 e. The van der Waals surface area contributed by atoms with E-state index in [1.165, 1.54) is 218 Å². The summed E-state index contributed by atoms with van der Waals surface area (Å²) in [5, 5.41) is 0. The molecule has 0 saturated carbocycles. The summed E-state index contributed by atoms with van der Waals surface area (Å²) in [6.45, 7) is 5.46. The van der Waals surface area contributed by atoms with E-state index in [9.17, 15) is 14.3 Å². The number of hydrogen-bond acceptors (Lipinski definition) is 7. The zero-order chi connectivity index (χ0) is 47.6. The quantitative estimate of drug-likeness (QED) is 0.0197. The predicted octanol–water partition coefficient (Wildman–Crippen LogP) is 16.9. The van der Waals surface area contributed by atoms with Crippen molar-refractivity contribution < 1.29 is 37.3 Å². The number of rotatable bonds is 53. The summed E-state index contributed by atoms with van der Waals surface area (Å²) in [6.07, 6.45) is 59.2. The molecule has 0 aromatic carbocycles. The van der Waals surface area contributed by atoms with Crippen molar-refractivity contribution in [1.29, 1.82) is 0 Å². The fourth-order valence-corrected chi connectivity index (χ4v) is 8.86. The van der Waals surface area contributed by atoms with E-state index in [4.69, 9.17) is 18.5 Å². The van der Waals surface area contributed by atoms with Gasteiger partial charge in [0.2, 0.25) is 0 Å². The summed E-state index contributed by atoms with van der Waals surface area (Å²) in [5.74, 6) is -0.330. The van der Waals surface area contributed by atoms with Crippen LogP contribution in [-0.4, -0.2) is 70.7 Å². The second-order valence-corrected chi connectivity index (χ2v) is 21.7. The van der Waals surface area contributed by atoms with E-state index in [2.05, 4.69) is 38.2 Å². The lowest BCUT2D eigenvalue weighted by atomic mass is 10.0. The van der Waals surface area contributed by atoms with Gasteiger partial charge in [-0.1, -0.05) is 224 Å². The Morgan fingerprint density at radius 3 is 1.17 bits per heavy atom. The van der Waals surface area contributed by atoms with Crippen LogP contribution in [0.3, 0.4) is 0 Å². The maximum absolute atomic E-state index is 12.8. The van der Waals surface area contributed by atoms with Crippen LogP contribution >= 0.6 is 7.82 Å². The second kappa shape index (κ2) is 49.4. The largest absolute Gasteiger partial charge is 0.756 e. The van der Waals surface area contributed by atoms with Gasteiger partial charge in [0.05, 0.1) is 34.4 Å². The Morgan fingerprint density at radius 1 is 0.462 bits per heavy atom. The number of esters is 1. The number of ether oxygens (including phenoxy) is 2. The van der Waals surface area contributed by atoms with Gasteiger partial charge in [0.25, 0.3) is 7.82 Å². The number of carbonyl (C=O) groups is 1. The van der Waals surface area contributed by atoms with Gasteiger partial charge in [0.15, 0.2) is 0 Å². The predicted molar refractivity (Wildman–Crippen MR) is 277 cm³/mol. The van der Waals surface area contributed by atoms with Crippen molar-refractivity contribution in [3.05, 3.63) is 24.3 Å². The summed E-state index contributed by atoms with van der Waals surface area (Å²) < 4.78 is 34.8. The highest BCUT2D eigenvalue weighted by Gasteiger charge is 2.20. The van der Waals surface area contributed by atoms with E-state index in [0.717, 1.165) is 32.1 Å². The molecule has 65 heavy (non-hydrogen) atoms. The second-order valence-electron chi connectivity index (χ2n) is 20.3. The molecular weight excluding hydrogens is 830 g/mol. The number of nitrogens with zero attached hydrogens (tertiary/aromatic N) is 1. The Hall–Kier alpha value is -1.02. The number of allylic oxidation sites excluding steroid dienone is 4. The van der Waals surface area contributed by atoms with Crippen molar-refractivity contribution in [3.63, 3.8) is 0 Å². The molecule has 0 fully saturated rings. The SMILES string of the molecule is CCCCCCCC/C=C\CCCCCCCCCCCCOCC(COP(=O)([O-])OCC[N+](C)(C)C)OC(=O)CCCCCCCCCCCCC/C=C\CCCCCCCCCC. The molecule has 2 atom stereocenters. The molecule has 0 heterocycles. The molecule has 0 aromatic heterocycles. The van der Waals surface area contributed by atoms with Gasteiger partial charge < -0.3 is 27.9 Å². The lowest BCUT2D eigenvalue weighted by molar-refractivity contribution is -0.870. The summed E-state index contributed by atoms with van der Waals surface area (Å²) in [4.78, 5) is 25.2. The summed E-state index contributed by atoms with van der Waals surface area (Å²) in [5.41, 5.74) is 0. The molecular formula is C56H110NO7P. The van der Waals surface area contributed by atoms with Crippen LogP contribution in [0.5, 0.6) is 0 Å². The molecule has 2 unspecified atom stereocenters. The molecule has 0 rings (SSSR count). The third kappa shape index (κ3) is 53.8. The van der Waals surface area contributed by atoms with Gasteiger partial charge >= 0.3 is 5.97 Å². The number of phosphoric acid groups is 1. The lowest BCUT2D eigenvalue weighted by Crippen LogP contribution is -2.37. The number of unbranched alkanes of at least 4 members (excludes halogenated alkanes) is 35. The van der Waals surface area contributed by atoms with E-state index in [1.54, 1.807) is 0 Å². The average Bonchev–Trinajstić information content (AvgIpc) is 3.27. The van der Waals surface area contributed by atoms with Gasteiger partial charge in [-0.05, 0) is 64.2 Å². The Kier molecular flexibility index (Phi) is 48.6. The lowest BCUT2D eigenvalue weighted by Gasteiger charge is -2.28. The van der Waals surface area contributed by atoms with Crippen molar-refractivity contribution >= 4 is 13.8 Å². The number of hydrogen-bond donors (Lipinski definition) is 0. The molecule has 0 spiro atoms. The minimum absolute atomic E-state index is 0.0278. The van der Waals surface area contributed by atoms with E-state index in [0.29, 0.717) is 24.1 Å². The molecule has 386 valence electrons. The van der Waals surface area contributed by atoms with Gasteiger partial charge in [-0.25, -0.2) is 0 Å². The molecule has 0 aliphatic carbocycles. The normalized spacial score (nSPS) is 13.6. The van der Waals surface area contributed by atoms with Crippen molar-refractivity contribution in [1.82, 2.24) is 0 Å². The Bertz CT molecular complexity index is 1090. The molecule has 0 aromatic rings. The first-order chi connectivity index (χ1) is 31.6. The van der Waals surface area contributed by atoms with E-state index in [-0.39, 0.29) is 25.8 Å². The topological polar surface area (TPSA) is 94.1 Å². The Balaban J connectivity index is 4.07. The standard InChI is InChI=1S/C56H110NO7P/c1-6-8-10-12-14-16-18-20-22-24-26-28-29-30-31-33-35-37-39-41-43-45-47-49-56(58)64-55(54-63-65(59,60)62-52-50-57(3,4)5)53-61-51-48-46-44-42-40-38-36-34-32-27-25-23-21-19-17-15-13-11-9-7-2/h21,23-24,26,55H,6-20,22,25,27-54H2,1-5H3/b23-21-,26-24-. The van der Waals surface area contributed by atoms with Gasteiger partial charge in [-0.15, -0.1) is 0 Å². The summed E-state index contributed by atoms with van der Waals surface area (Å²) in [6, 6.07) is 0. The van der Waals surface area contributed by atoms with Crippen molar-refractivity contribution in [2.45, 2.75) is 277 Å². The smallest absolute Gasteiger partial charge is 0.306 e. The molecule has 0 N–H and O–H groups in total. The highest BCUT2D eigenvalue weighted by molar-refractivity contribution is 7.45. The fraction of sp³-hybridized carbons (Fsp3) is 0.911. The first kappa shape index (κ1) is 64.0. The number of quaternary nitrogens is 1. The molecule has 0 radical (unpaired) electrons. The molecule has 0 saturated heterocycles. The first-order valence-corrected chi connectivity index (χ1v) is 29.5. The summed E-state index contributed by atoms with van der Waals surface area (Å²) >= 11 is 0. The molecule has 9 heteroatoms. The maximum atomic E-state index is 12.8. The zero-order valence-electron chi connectivity index (χ0n) is 44.0. The third-order valence-electron chi connectivity index (χ3n) is 12.5. The van der Waals surface area contributed by atoms with E-state index < -0.39 is 13.9 Å². The minimum atomic E-state index is -4.53. The van der Waals surface area contributed by atoms with Crippen LogP contribution in [0.1, 0.15) is 271 Å². The number of carbonyl (C=O) groups excluding carboxylic acids is 1. The average molecular weight is 940 g/mol. The van der Waals surface area contributed by atoms with Crippen molar-refractivity contribution in [3.8, 4) is 0 Å². The number of likely N-dealkylation sites (N-methyl/N-ethyl adjacent to an activating group) is 1. The Labute approximate surface area is 404 Å². The molecule has 0 bridgehead atoms. The monoisotopic (exact) mass is 940 g/mol. The van der Waals surface area contributed by atoms with Gasteiger partial charge in [-0.2, -0.15) is 0 Å². The van der Waals surface area contributed by atoms with Crippen LogP contribution in [0.25, 0.3) is 0 Å². The van der Waals surface area contributed by atoms with E-state index >= 15 is 0 Å². The summed E-state index contributed by atoms with van der Waals surface area (Å²) in [7, 11) is 1.37. The first-order valence-electron chi connectivity index (χ1n) is 28.1. The van der Waals surface area contributed by atoms with Crippen LogP contribution in [0.2, 0.25) is 0 Å². The van der Waals surface area contributed by atoms with Crippen LogP contribution in [0.4, 0.5) is 0 Å². The highest BCUT2D eigenvalue weighted by atomic mass is 31.2. The fourth-order valence-electron chi connectivity index (χ4n) is 8.13. The molecule has 0 aliphatic heterocycles. The molecule has 0 amide bonds.